The molecule has 2 N–H and O–H groups in total. The predicted molar refractivity (Wildman–Crippen MR) is 144 cm³/mol. The van der Waals surface area contributed by atoms with Gasteiger partial charge in [0.1, 0.15) is 17.3 Å². The van der Waals surface area contributed by atoms with Crippen LogP contribution in [0.5, 0.6) is 0 Å². The van der Waals surface area contributed by atoms with Crippen LogP contribution in [-0.2, 0) is 9.47 Å². The molecule has 2 aliphatic heterocycles. The third kappa shape index (κ3) is 6.13. The fourth-order valence-corrected chi connectivity index (χ4v) is 5.99. The van der Waals surface area contributed by atoms with Crippen molar-refractivity contribution in [1.29, 1.82) is 0 Å². The van der Waals surface area contributed by atoms with Gasteiger partial charge in [0.05, 0.1) is 12.7 Å². The summed E-state index contributed by atoms with van der Waals surface area (Å²) in [5.74, 6) is 2.72. The Balaban J connectivity index is 1.14. The molecule has 2 aromatic rings. The lowest BCUT2D eigenvalue weighted by Gasteiger charge is -2.38. The van der Waals surface area contributed by atoms with E-state index in [0.717, 1.165) is 56.9 Å². The number of nitrogens with zero attached hydrogens (tertiary/aromatic N) is 3. The van der Waals surface area contributed by atoms with Gasteiger partial charge in [0, 0.05) is 51.0 Å². The number of rotatable bonds is 8. The van der Waals surface area contributed by atoms with Gasteiger partial charge in [-0.1, -0.05) is 30.3 Å². The Morgan fingerprint density at radius 2 is 1.86 bits per heavy atom. The summed E-state index contributed by atoms with van der Waals surface area (Å²) in [7, 11) is 1.75. The van der Waals surface area contributed by atoms with Gasteiger partial charge in [-0.3, -0.25) is 4.79 Å². The Morgan fingerprint density at radius 1 is 1.11 bits per heavy atom. The predicted octanol–water partition coefficient (Wildman–Crippen LogP) is 3.70. The number of hydrogen-bond acceptors (Lipinski definition) is 7. The maximum atomic E-state index is 13.5. The lowest BCUT2D eigenvalue weighted by Crippen LogP contribution is -2.54. The van der Waals surface area contributed by atoms with Crippen LogP contribution in [0.3, 0.4) is 0 Å². The molecule has 3 fully saturated rings. The van der Waals surface area contributed by atoms with E-state index in [9.17, 15) is 4.79 Å². The average molecular weight is 508 g/mol. The number of benzene rings is 1. The molecule has 1 unspecified atom stereocenters. The van der Waals surface area contributed by atoms with Gasteiger partial charge in [0.2, 0.25) is 0 Å². The first kappa shape index (κ1) is 26.1. The molecule has 1 saturated carbocycles. The van der Waals surface area contributed by atoms with E-state index in [1.165, 1.54) is 18.4 Å². The van der Waals surface area contributed by atoms with Crippen molar-refractivity contribution in [1.82, 2.24) is 20.2 Å². The number of methoxy groups -OCH3 is 1. The van der Waals surface area contributed by atoms with E-state index in [2.05, 4.69) is 50.9 Å². The second-order valence-electron chi connectivity index (χ2n) is 10.9. The van der Waals surface area contributed by atoms with Gasteiger partial charge < -0.3 is 25.0 Å². The van der Waals surface area contributed by atoms with Crippen LogP contribution in [0.25, 0.3) is 0 Å². The van der Waals surface area contributed by atoms with Crippen LogP contribution in [0.2, 0.25) is 0 Å². The van der Waals surface area contributed by atoms with Crippen LogP contribution in [0, 0.1) is 19.8 Å². The molecular weight excluding hydrogens is 466 g/mol. The van der Waals surface area contributed by atoms with Crippen molar-refractivity contribution in [2.75, 3.05) is 45.3 Å². The number of carbonyl (C=O) groups excluding carboxylic acids is 1. The number of piperidine rings is 1. The van der Waals surface area contributed by atoms with Crippen molar-refractivity contribution >= 4 is 11.7 Å². The van der Waals surface area contributed by atoms with Crippen LogP contribution in [0.4, 0.5) is 5.82 Å². The zero-order chi connectivity index (χ0) is 25.8. The number of aromatic nitrogens is 2. The summed E-state index contributed by atoms with van der Waals surface area (Å²) < 4.78 is 11.1. The Morgan fingerprint density at radius 3 is 2.59 bits per heavy atom. The first-order chi connectivity index (χ1) is 18.0. The first-order valence-corrected chi connectivity index (χ1v) is 13.8. The molecule has 200 valence electrons. The molecule has 1 aliphatic carbocycles. The summed E-state index contributed by atoms with van der Waals surface area (Å²) in [6, 6.07) is 11.5. The summed E-state index contributed by atoms with van der Waals surface area (Å²) >= 11 is 0. The molecule has 8 heteroatoms. The smallest absolute Gasteiger partial charge is 0.272 e. The Bertz CT molecular complexity index is 1050. The highest BCUT2D eigenvalue weighted by Crippen LogP contribution is 2.41. The van der Waals surface area contributed by atoms with E-state index < -0.39 is 0 Å². The maximum Gasteiger partial charge on any atom is 0.272 e. The number of nitrogens with one attached hydrogen (secondary N) is 2. The number of aryl methyl sites for hydroxylation is 1. The van der Waals surface area contributed by atoms with Crippen LogP contribution >= 0.6 is 0 Å². The molecule has 3 aliphatic rings. The normalized spacial score (nSPS) is 26.5. The SMILES string of the molecule is COC1COCC[C@@H]1NC1CCN(C(=O)c2nc(C)nc(NC[C@H]3C[C@@H](c4ccccc4)C3)c2C)CC1. The fourth-order valence-electron chi connectivity index (χ4n) is 5.99. The number of carbonyl (C=O) groups is 1. The van der Waals surface area contributed by atoms with Gasteiger partial charge in [0.15, 0.2) is 0 Å². The Labute approximate surface area is 220 Å². The third-order valence-electron chi connectivity index (χ3n) is 8.36. The molecule has 8 nitrogen and oxygen atoms in total. The summed E-state index contributed by atoms with van der Waals surface area (Å²) in [6.45, 7) is 7.57. The maximum absolute atomic E-state index is 13.5. The molecule has 5 rings (SSSR count). The number of likely N-dealkylation sites (tertiary alicyclic amines) is 1. The van der Waals surface area contributed by atoms with Crippen molar-refractivity contribution in [3.63, 3.8) is 0 Å². The van der Waals surface area contributed by atoms with Gasteiger partial charge in [-0.2, -0.15) is 0 Å². The standard InChI is InChI=1S/C29H41N5O3/c1-19-27(29(35)34-12-9-24(10-13-34)33-25-11-14-37-18-26(25)36-3)31-20(2)32-28(19)30-17-21-15-23(16-21)22-7-5-4-6-8-22/h4-8,21,23-26,33H,9-18H2,1-3H3,(H,30,31,32)/t21-,23+,25-,26?/m0/s1. The van der Waals surface area contributed by atoms with E-state index in [4.69, 9.17) is 9.47 Å². The Hall–Kier alpha value is -2.55. The van der Waals surface area contributed by atoms with E-state index in [0.29, 0.717) is 42.0 Å². The monoisotopic (exact) mass is 507 g/mol. The molecule has 3 heterocycles. The lowest BCUT2D eigenvalue weighted by molar-refractivity contribution is -0.0533. The summed E-state index contributed by atoms with van der Waals surface area (Å²) in [5.41, 5.74) is 2.81. The van der Waals surface area contributed by atoms with Crippen molar-refractivity contribution in [2.24, 2.45) is 5.92 Å². The first-order valence-electron chi connectivity index (χ1n) is 13.8. The summed E-state index contributed by atoms with van der Waals surface area (Å²) in [4.78, 5) is 24.6. The minimum atomic E-state index is 0.0121. The van der Waals surface area contributed by atoms with Crippen molar-refractivity contribution in [3.05, 3.63) is 53.0 Å². The van der Waals surface area contributed by atoms with Gasteiger partial charge >= 0.3 is 0 Å². The van der Waals surface area contributed by atoms with Crippen molar-refractivity contribution in [2.45, 2.75) is 70.1 Å². The summed E-state index contributed by atoms with van der Waals surface area (Å²) in [6.07, 6.45) is 5.29. The summed E-state index contributed by atoms with van der Waals surface area (Å²) in [5, 5.41) is 7.30. The molecular formula is C29H41N5O3. The van der Waals surface area contributed by atoms with Crippen molar-refractivity contribution < 1.29 is 14.3 Å². The van der Waals surface area contributed by atoms with Crippen LogP contribution in [-0.4, -0.2) is 78.9 Å². The minimum absolute atomic E-state index is 0.0121. The second kappa shape index (κ2) is 11.9. The minimum Gasteiger partial charge on any atom is -0.379 e. The van der Waals surface area contributed by atoms with E-state index >= 15 is 0 Å². The molecule has 0 bridgehead atoms. The van der Waals surface area contributed by atoms with Gasteiger partial charge in [-0.25, -0.2) is 9.97 Å². The molecule has 37 heavy (non-hydrogen) atoms. The lowest BCUT2D eigenvalue weighted by atomic mass is 9.71. The molecule has 2 saturated heterocycles. The number of anilines is 1. The zero-order valence-electron chi connectivity index (χ0n) is 22.4. The molecule has 1 aromatic heterocycles. The van der Waals surface area contributed by atoms with Crippen molar-refractivity contribution in [3.8, 4) is 0 Å². The van der Waals surface area contributed by atoms with Gasteiger partial charge in [-0.15, -0.1) is 0 Å². The number of ether oxygens (including phenoxy) is 2. The van der Waals surface area contributed by atoms with Crippen LogP contribution in [0.15, 0.2) is 30.3 Å². The molecule has 1 amide bonds. The molecule has 0 spiro atoms. The van der Waals surface area contributed by atoms with E-state index in [-0.39, 0.29) is 12.0 Å². The third-order valence-corrected chi connectivity index (χ3v) is 8.36. The molecule has 0 radical (unpaired) electrons. The molecule has 2 atom stereocenters. The highest BCUT2D eigenvalue weighted by Gasteiger charge is 2.32. The zero-order valence-corrected chi connectivity index (χ0v) is 22.4. The van der Waals surface area contributed by atoms with Crippen LogP contribution < -0.4 is 10.6 Å². The largest absolute Gasteiger partial charge is 0.379 e. The van der Waals surface area contributed by atoms with Crippen LogP contribution in [0.1, 0.15) is 65.5 Å². The highest BCUT2D eigenvalue weighted by atomic mass is 16.5. The Kier molecular flexibility index (Phi) is 8.37. The highest BCUT2D eigenvalue weighted by molar-refractivity contribution is 5.94. The second-order valence-corrected chi connectivity index (χ2v) is 10.9. The quantitative estimate of drug-likeness (QED) is 0.563. The fraction of sp³-hybridized carbons (Fsp3) is 0.621. The topological polar surface area (TPSA) is 88.6 Å². The number of amides is 1. The van der Waals surface area contributed by atoms with E-state index in [1.807, 2.05) is 18.7 Å². The van der Waals surface area contributed by atoms with E-state index in [1.54, 1.807) is 7.11 Å². The number of hydrogen-bond donors (Lipinski definition) is 2. The van der Waals surface area contributed by atoms with Gasteiger partial charge in [0.25, 0.3) is 5.91 Å². The van der Waals surface area contributed by atoms with Gasteiger partial charge in [-0.05, 0) is 63.4 Å². The average Bonchev–Trinajstić information content (AvgIpc) is 2.90. The molecule has 1 aromatic carbocycles.